The number of para-hydroxylation sites is 2. The Morgan fingerprint density at radius 1 is 0.667 bits per heavy atom. The van der Waals surface area contributed by atoms with E-state index in [9.17, 15) is 9.59 Å². The maximum Gasteiger partial charge on any atom is 0.234 e. The van der Waals surface area contributed by atoms with Gasteiger partial charge in [0.05, 0.1) is 36.8 Å². The number of nitrogens with one attached hydrogen (secondary N) is 2. The third-order valence-electron chi connectivity index (χ3n) is 4.94. The highest BCUT2D eigenvalue weighted by Gasteiger charge is 2.15. The number of ether oxygens (including phenoxy) is 2. The number of rotatable bonds is 10. The quantitative estimate of drug-likeness (QED) is 0.278. The van der Waals surface area contributed by atoms with Crippen molar-refractivity contribution >= 4 is 57.7 Å². The molecule has 0 aliphatic rings. The van der Waals surface area contributed by atoms with Crippen LogP contribution in [0.2, 0.25) is 0 Å². The van der Waals surface area contributed by atoms with Crippen LogP contribution in [0.15, 0.2) is 82.8 Å². The van der Waals surface area contributed by atoms with Crippen LogP contribution < -0.4 is 20.1 Å². The fraction of sp³-hybridized carbons (Fsp3) is 0.154. The lowest BCUT2D eigenvalue weighted by Gasteiger charge is -2.10. The average Bonchev–Trinajstić information content (AvgIpc) is 2.91. The summed E-state index contributed by atoms with van der Waals surface area (Å²) in [5, 5.41) is 6.92. The van der Waals surface area contributed by atoms with E-state index in [2.05, 4.69) is 10.6 Å². The first kappa shape index (κ1) is 25.3. The number of anilines is 2. The third-order valence-corrected chi connectivity index (χ3v) is 6.99. The number of carbonyl (C=O) groups is 2. The molecule has 2 N–H and O–H groups in total. The molecule has 1 aromatic heterocycles. The minimum absolute atomic E-state index is 0.144. The molecule has 184 valence electrons. The number of hydrogen-bond acceptors (Lipinski definition) is 8. The molecule has 0 aliphatic heterocycles. The van der Waals surface area contributed by atoms with Gasteiger partial charge in [-0.05, 0) is 60.7 Å². The van der Waals surface area contributed by atoms with Crippen LogP contribution in [0.5, 0.6) is 11.5 Å². The topological polar surface area (TPSA) is 102 Å². The van der Waals surface area contributed by atoms with E-state index in [1.165, 1.54) is 23.5 Å². The fourth-order valence-corrected chi connectivity index (χ4v) is 4.86. The van der Waals surface area contributed by atoms with Crippen molar-refractivity contribution in [1.82, 2.24) is 9.97 Å². The summed E-state index contributed by atoms with van der Waals surface area (Å²) in [6.07, 6.45) is 0. The van der Waals surface area contributed by atoms with Crippen LogP contribution in [-0.4, -0.2) is 47.5 Å². The van der Waals surface area contributed by atoms with E-state index in [1.54, 1.807) is 62.8 Å². The maximum atomic E-state index is 12.5. The second-order valence-electron chi connectivity index (χ2n) is 7.45. The van der Waals surface area contributed by atoms with E-state index < -0.39 is 0 Å². The number of thioether (sulfide) groups is 2. The van der Waals surface area contributed by atoms with Crippen LogP contribution in [0.4, 0.5) is 11.4 Å². The van der Waals surface area contributed by atoms with Gasteiger partial charge in [0.2, 0.25) is 11.8 Å². The highest BCUT2D eigenvalue weighted by molar-refractivity contribution is 8.02. The van der Waals surface area contributed by atoms with E-state index in [1.807, 2.05) is 24.3 Å². The van der Waals surface area contributed by atoms with E-state index >= 15 is 0 Å². The molecule has 0 unspecified atom stereocenters. The van der Waals surface area contributed by atoms with Gasteiger partial charge in [-0.15, -0.1) is 0 Å². The van der Waals surface area contributed by atoms with Gasteiger partial charge in [0.1, 0.15) is 21.6 Å². The van der Waals surface area contributed by atoms with Gasteiger partial charge in [-0.2, -0.15) is 0 Å². The molecule has 0 bridgehead atoms. The molecule has 0 aliphatic carbocycles. The van der Waals surface area contributed by atoms with Gasteiger partial charge in [-0.3, -0.25) is 9.59 Å². The highest BCUT2D eigenvalue weighted by Crippen LogP contribution is 2.30. The Kier molecular flexibility index (Phi) is 8.64. The molecule has 10 heteroatoms. The molecule has 0 fully saturated rings. The van der Waals surface area contributed by atoms with Crippen molar-refractivity contribution in [2.24, 2.45) is 0 Å². The van der Waals surface area contributed by atoms with Crippen molar-refractivity contribution in [2.75, 3.05) is 36.4 Å². The van der Waals surface area contributed by atoms with Gasteiger partial charge in [-0.1, -0.05) is 35.7 Å². The number of carbonyl (C=O) groups excluding carboxylic acids is 2. The zero-order chi connectivity index (χ0) is 25.3. The Morgan fingerprint density at radius 2 is 1.06 bits per heavy atom. The fourth-order valence-electron chi connectivity index (χ4n) is 3.17. The lowest BCUT2D eigenvalue weighted by Crippen LogP contribution is -2.15. The number of methoxy groups -OCH3 is 2. The first-order chi connectivity index (χ1) is 17.5. The number of amides is 2. The maximum absolute atomic E-state index is 12.5. The summed E-state index contributed by atoms with van der Waals surface area (Å²) in [6.45, 7) is 0. The van der Waals surface area contributed by atoms with Crippen molar-refractivity contribution in [3.8, 4) is 11.5 Å². The third kappa shape index (κ3) is 6.89. The molecule has 4 rings (SSSR count). The molecular weight excluding hydrogens is 496 g/mol. The molecule has 0 saturated heterocycles. The molecule has 0 atom stereocenters. The summed E-state index contributed by atoms with van der Waals surface area (Å²) < 4.78 is 10.3. The number of aromatic nitrogens is 2. The van der Waals surface area contributed by atoms with Crippen LogP contribution in [-0.2, 0) is 9.59 Å². The summed E-state index contributed by atoms with van der Waals surface area (Å²) in [5.74, 6) is 1.37. The minimum atomic E-state index is -0.173. The van der Waals surface area contributed by atoms with Gasteiger partial charge in [0, 0.05) is 11.4 Å². The van der Waals surface area contributed by atoms with Crippen molar-refractivity contribution in [2.45, 2.75) is 10.1 Å². The summed E-state index contributed by atoms with van der Waals surface area (Å²) in [6, 6.07) is 21.7. The number of benzene rings is 3. The predicted molar refractivity (Wildman–Crippen MR) is 144 cm³/mol. The molecule has 8 nitrogen and oxygen atoms in total. The first-order valence-corrected chi connectivity index (χ1v) is 12.9. The van der Waals surface area contributed by atoms with E-state index in [0.29, 0.717) is 32.9 Å². The number of hydrogen-bond donors (Lipinski definition) is 2. The SMILES string of the molecule is COc1ccc(NC(=O)CSc2nc3ccccc3nc2SCC(=O)Nc2ccc(OC)cc2)cc1. The largest absolute Gasteiger partial charge is 0.497 e. The first-order valence-electron chi connectivity index (χ1n) is 10.9. The minimum Gasteiger partial charge on any atom is -0.497 e. The van der Waals surface area contributed by atoms with E-state index in [0.717, 1.165) is 11.0 Å². The zero-order valence-electron chi connectivity index (χ0n) is 19.7. The Bertz CT molecular complexity index is 1240. The van der Waals surface area contributed by atoms with E-state index in [4.69, 9.17) is 19.4 Å². The second-order valence-corrected chi connectivity index (χ2v) is 9.38. The molecule has 4 aromatic rings. The molecular formula is C26H24N4O4S2. The van der Waals surface area contributed by atoms with Crippen LogP contribution >= 0.6 is 23.5 Å². The van der Waals surface area contributed by atoms with Gasteiger partial charge in [0.25, 0.3) is 0 Å². The van der Waals surface area contributed by atoms with Crippen LogP contribution in [0, 0.1) is 0 Å². The smallest absolute Gasteiger partial charge is 0.234 e. The van der Waals surface area contributed by atoms with Crippen molar-refractivity contribution in [3.05, 3.63) is 72.8 Å². The van der Waals surface area contributed by atoms with Gasteiger partial charge >= 0.3 is 0 Å². The monoisotopic (exact) mass is 520 g/mol. The lowest BCUT2D eigenvalue weighted by atomic mass is 10.3. The molecule has 0 radical (unpaired) electrons. The molecule has 2 amide bonds. The van der Waals surface area contributed by atoms with Gasteiger partial charge in [-0.25, -0.2) is 9.97 Å². The Morgan fingerprint density at radius 3 is 1.42 bits per heavy atom. The second kappa shape index (κ2) is 12.3. The highest BCUT2D eigenvalue weighted by atomic mass is 32.2. The predicted octanol–water partition coefficient (Wildman–Crippen LogP) is 5.11. The summed E-state index contributed by atoms with van der Waals surface area (Å²) in [7, 11) is 3.18. The molecule has 36 heavy (non-hydrogen) atoms. The Balaban J connectivity index is 1.41. The van der Waals surface area contributed by atoms with E-state index in [-0.39, 0.29) is 23.3 Å². The van der Waals surface area contributed by atoms with Crippen LogP contribution in [0.1, 0.15) is 0 Å². The Labute approximate surface area is 217 Å². The lowest BCUT2D eigenvalue weighted by molar-refractivity contribution is -0.114. The molecule has 0 saturated carbocycles. The van der Waals surface area contributed by atoms with Gasteiger partial charge < -0.3 is 20.1 Å². The summed E-state index contributed by atoms with van der Waals surface area (Å²) in [4.78, 5) is 34.5. The van der Waals surface area contributed by atoms with Crippen molar-refractivity contribution in [3.63, 3.8) is 0 Å². The van der Waals surface area contributed by atoms with Crippen molar-refractivity contribution < 1.29 is 19.1 Å². The molecule has 3 aromatic carbocycles. The zero-order valence-corrected chi connectivity index (χ0v) is 21.3. The van der Waals surface area contributed by atoms with Gasteiger partial charge in [0.15, 0.2) is 0 Å². The van der Waals surface area contributed by atoms with Crippen LogP contribution in [0.3, 0.4) is 0 Å². The Hall–Kier alpha value is -3.76. The number of fused-ring (bicyclic) bond motifs is 1. The molecule has 1 heterocycles. The van der Waals surface area contributed by atoms with Crippen molar-refractivity contribution in [1.29, 1.82) is 0 Å². The number of nitrogens with zero attached hydrogens (tertiary/aromatic N) is 2. The average molecular weight is 521 g/mol. The molecule has 0 spiro atoms. The normalized spacial score (nSPS) is 10.6. The standard InChI is InChI=1S/C26H24N4O4S2/c1-33-19-11-7-17(8-12-19)27-23(31)15-35-25-26(30-22-6-4-3-5-21(22)29-25)36-16-24(32)28-18-9-13-20(34-2)14-10-18/h3-14H,15-16H2,1-2H3,(H,27,31)(H,28,32). The summed E-state index contributed by atoms with van der Waals surface area (Å²) in [5.41, 5.74) is 2.80. The summed E-state index contributed by atoms with van der Waals surface area (Å²) >= 11 is 2.56. The van der Waals surface area contributed by atoms with Crippen LogP contribution in [0.25, 0.3) is 11.0 Å².